The van der Waals surface area contributed by atoms with Crippen molar-refractivity contribution in [1.29, 1.82) is 0 Å². The van der Waals surface area contributed by atoms with Crippen molar-refractivity contribution in [3.8, 4) is 0 Å². The molecule has 0 unspecified atom stereocenters. The molecule has 1 spiro atoms. The first-order valence-electron chi connectivity index (χ1n) is 9.20. The molecule has 1 heterocycles. The highest BCUT2D eigenvalue weighted by Gasteiger charge is 2.71. The topological polar surface area (TPSA) is 60.8 Å². The summed E-state index contributed by atoms with van der Waals surface area (Å²) < 4.78 is 0. The molecule has 4 nitrogen and oxygen atoms in total. The summed E-state index contributed by atoms with van der Waals surface area (Å²) in [6.07, 6.45) is -0.613. The Kier molecular flexibility index (Phi) is 4.13. The van der Waals surface area contributed by atoms with Crippen molar-refractivity contribution >= 4 is 5.91 Å². The lowest BCUT2D eigenvalue weighted by molar-refractivity contribution is 0.0762. The molecule has 2 aromatic rings. The van der Waals surface area contributed by atoms with E-state index in [1.807, 2.05) is 62.4 Å². The van der Waals surface area contributed by atoms with Gasteiger partial charge in [0.1, 0.15) is 0 Å². The van der Waals surface area contributed by atoms with Gasteiger partial charge in [0.05, 0.1) is 6.10 Å². The summed E-state index contributed by atoms with van der Waals surface area (Å²) >= 11 is 0. The highest BCUT2D eigenvalue weighted by atomic mass is 16.3. The van der Waals surface area contributed by atoms with Gasteiger partial charge in [-0.25, -0.2) is 0 Å². The molecule has 26 heavy (non-hydrogen) atoms. The zero-order valence-corrected chi connectivity index (χ0v) is 15.2. The number of nitrogens with zero attached hydrogens (tertiary/aromatic N) is 1. The van der Waals surface area contributed by atoms with Crippen molar-refractivity contribution in [2.45, 2.75) is 25.9 Å². The Morgan fingerprint density at radius 2 is 1.77 bits per heavy atom. The molecule has 1 saturated heterocycles. The summed E-state index contributed by atoms with van der Waals surface area (Å²) in [5, 5.41) is 20.7. The Balaban J connectivity index is 1.63. The van der Waals surface area contributed by atoms with E-state index in [-0.39, 0.29) is 24.3 Å². The molecular formula is C22H25NO3. The smallest absolute Gasteiger partial charge is 0.254 e. The summed E-state index contributed by atoms with van der Waals surface area (Å²) in [7, 11) is 0. The number of aryl methyl sites for hydroxylation is 2. The highest BCUT2D eigenvalue weighted by molar-refractivity contribution is 5.97. The Bertz CT molecular complexity index is 814. The number of carbonyl (C=O) groups excluding carboxylic acids is 1. The molecule has 4 atom stereocenters. The van der Waals surface area contributed by atoms with Crippen LogP contribution < -0.4 is 0 Å². The summed E-state index contributed by atoms with van der Waals surface area (Å²) in [6, 6.07) is 15.9. The van der Waals surface area contributed by atoms with Gasteiger partial charge in [0.25, 0.3) is 5.91 Å². The average molecular weight is 351 g/mol. The van der Waals surface area contributed by atoms with Crippen LogP contribution in [-0.2, 0) is 0 Å². The number of hydrogen-bond donors (Lipinski definition) is 2. The van der Waals surface area contributed by atoms with Gasteiger partial charge in [-0.05, 0) is 42.4 Å². The molecule has 0 aromatic heterocycles. The first-order chi connectivity index (χ1) is 12.5. The maximum Gasteiger partial charge on any atom is 0.254 e. The Morgan fingerprint density at radius 3 is 2.38 bits per heavy atom. The molecule has 136 valence electrons. The Morgan fingerprint density at radius 1 is 1.12 bits per heavy atom. The molecule has 2 aromatic carbocycles. The second-order valence-electron chi connectivity index (χ2n) is 7.76. The van der Waals surface area contributed by atoms with E-state index in [9.17, 15) is 15.0 Å². The minimum atomic E-state index is -0.613. The highest BCUT2D eigenvalue weighted by Crippen LogP contribution is 2.68. The largest absolute Gasteiger partial charge is 0.396 e. The lowest BCUT2D eigenvalue weighted by Gasteiger charge is -2.19. The normalized spacial score (nSPS) is 30.0. The van der Waals surface area contributed by atoms with E-state index in [1.54, 1.807) is 4.90 Å². The fourth-order valence-electron chi connectivity index (χ4n) is 5.03. The van der Waals surface area contributed by atoms with E-state index in [0.717, 1.165) is 22.3 Å². The van der Waals surface area contributed by atoms with Crippen LogP contribution in [0.25, 0.3) is 0 Å². The van der Waals surface area contributed by atoms with Crippen molar-refractivity contribution in [3.63, 3.8) is 0 Å². The molecular weight excluding hydrogens is 326 g/mol. The lowest BCUT2D eigenvalue weighted by Crippen LogP contribution is -2.31. The quantitative estimate of drug-likeness (QED) is 0.893. The SMILES string of the molecule is Cc1cccc(C)c1C(=O)N1C[C@H](O)[C@@]2(C1)[C@H](CO)[C@H]2c1ccccc1. The van der Waals surface area contributed by atoms with Gasteiger partial charge in [0.15, 0.2) is 0 Å². The standard InChI is InChI=1S/C22H25NO3/c1-14-7-6-8-15(2)19(14)21(26)23-11-18(25)22(13-23)17(12-24)20(22)16-9-4-3-5-10-16/h3-10,17-18,20,24-25H,11-13H2,1-2H3/t17-,18+,20-,22-/m1/s1. The van der Waals surface area contributed by atoms with E-state index in [2.05, 4.69) is 0 Å². The van der Waals surface area contributed by atoms with Crippen LogP contribution in [0.15, 0.2) is 48.5 Å². The van der Waals surface area contributed by atoms with Gasteiger partial charge in [-0.3, -0.25) is 4.79 Å². The molecule has 1 aliphatic carbocycles. The van der Waals surface area contributed by atoms with Crippen LogP contribution >= 0.6 is 0 Å². The van der Waals surface area contributed by atoms with Crippen molar-refractivity contribution in [1.82, 2.24) is 4.90 Å². The molecule has 2 N–H and O–H groups in total. The van der Waals surface area contributed by atoms with Crippen molar-refractivity contribution < 1.29 is 15.0 Å². The monoisotopic (exact) mass is 351 g/mol. The molecule has 1 aliphatic heterocycles. The summed E-state index contributed by atoms with van der Waals surface area (Å²) in [5.41, 5.74) is 3.35. The van der Waals surface area contributed by atoms with Gasteiger partial charge in [-0.15, -0.1) is 0 Å². The zero-order valence-electron chi connectivity index (χ0n) is 15.2. The van der Waals surface area contributed by atoms with Gasteiger partial charge in [-0.1, -0.05) is 48.5 Å². The van der Waals surface area contributed by atoms with Crippen LogP contribution in [0.4, 0.5) is 0 Å². The second kappa shape index (κ2) is 6.22. The van der Waals surface area contributed by atoms with E-state index in [4.69, 9.17) is 0 Å². The van der Waals surface area contributed by atoms with Crippen molar-refractivity contribution in [2.75, 3.05) is 19.7 Å². The van der Waals surface area contributed by atoms with Gasteiger partial charge in [0.2, 0.25) is 0 Å². The number of hydrogen-bond acceptors (Lipinski definition) is 3. The van der Waals surface area contributed by atoms with Gasteiger partial charge in [-0.2, -0.15) is 0 Å². The van der Waals surface area contributed by atoms with Crippen LogP contribution in [0.5, 0.6) is 0 Å². The van der Waals surface area contributed by atoms with E-state index in [0.29, 0.717) is 13.1 Å². The molecule has 2 aliphatic rings. The summed E-state index contributed by atoms with van der Waals surface area (Å²) in [4.78, 5) is 14.9. The van der Waals surface area contributed by atoms with Gasteiger partial charge >= 0.3 is 0 Å². The van der Waals surface area contributed by atoms with E-state index >= 15 is 0 Å². The molecule has 4 rings (SSSR count). The van der Waals surface area contributed by atoms with Gasteiger partial charge in [0, 0.05) is 30.7 Å². The third kappa shape index (κ3) is 2.40. The Hall–Kier alpha value is -2.17. The summed E-state index contributed by atoms with van der Waals surface area (Å²) in [6.45, 7) is 4.74. The Labute approximate surface area is 154 Å². The molecule has 0 bridgehead atoms. The van der Waals surface area contributed by atoms with E-state index < -0.39 is 11.5 Å². The van der Waals surface area contributed by atoms with Gasteiger partial charge < -0.3 is 15.1 Å². The van der Waals surface area contributed by atoms with Crippen LogP contribution in [-0.4, -0.2) is 46.8 Å². The zero-order chi connectivity index (χ0) is 18.5. The minimum absolute atomic E-state index is 0.00401. The van der Waals surface area contributed by atoms with Crippen LogP contribution in [0.1, 0.15) is 33.0 Å². The third-order valence-electron chi connectivity index (χ3n) is 6.38. The molecule has 1 amide bonds. The van der Waals surface area contributed by atoms with E-state index in [1.165, 1.54) is 0 Å². The molecule has 0 radical (unpaired) electrons. The van der Waals surface area contributed by atoms with Crippen LogP contribution in [0.2, 0.25) is 0 Å². The molecule has 1 saturated carbocycles. The second-order valence-corrected chi connectivity index (χ2v) is 7.76. The fraction of sp³-hybridized carbons (Fsp3) is 0.409. The predicted molar refractivity (Wildman–Crippen MR) is 100 cm³/mol. The number of benzene rings is 2. The minimum Gasteiger partial charge on any atom is -0.396 e. The maximum atomic E-state index is 13.1. The molecule has 2 fully saturated rings. The number of aliphatic hydroxyl groups excluding tert-OH is 2. The first-order valence-corrected chi connectivity index (χ1v) is 9.20. The lowest BCUT2D eigenvalue weighted by atomic mass is 9.95. The van der Waals surface area contributed by atoms with Crippen molar-refractivity contribution in [3.05, 3.63) is 70.8 Å². The van der Waals surface area contributed by atoms with Crippen LogP contribution in [0.3, 0.4) is 0 Å². The number of aliphatic hydroxyl groups is 2. The number of β-amino-alcohol motifs (C(OH)–C–C–N with tert-alkyl or cyclic N) is 1. The predicted octanol–water partition coefficient (Wildman–Crippen LogP) is 2.51. The number of carbonyl (C=O) groups is 1. The van der Waals surface area contributed by atoms with Crippen LogP contribution in [0, 0.1) is 25.2 Å². The summed E-state index contributed by atoms with van der Waals surface area (Å²) in [5.74, 6) is 0.0714. The third-order valence-corrected chi connectivity index (χ3v) is 6.38. The van der Waals surface area contributed by atoms with Crippen molar-refractivity contribution in [2.24, 2.45) is 11.3 Å². The fourth-order valence-corrected chi connectivity index (χ4v) is 5.03. The number of likely N-dealkylation sites (tertiary alicyclic amines) is 1. The average Bonchev–Trinajstić information content (AvgIpc) is 3.17. The number of amides is 1. The molecule has 4 heteroatoms. The number of rotatable bonds is 3. The first kappa shape index (κ1) is 17.3. The maximum absolute atomic E-state index is 13.1.